The molecule has 0 saturated carbocycles. The fourth-order valence-electron chi connectivity index (χ4n) is 3.42. The molecule has 1 aliphatic heterocycles. The van der Waals surface area contributed by atoms with Gasteiger partial charge in [-0.05, 0) is 52.3 Å². The molecule has 3 rings (SSSR count). The lowest BCUT2D eigenvalue weighted by Crippen LogP contribution is -2.41. The van der Waals surface area contributed by atoms with Gasteiger partial charge in [-0.25, -0.2) is 4.68 Å². The first-order valence-electron chi connectivity index (χ1n) is 8.77. The highest BCUT2D eigenvalue weighted by molar-refractivity contribution is 5.93. The van der Waals surface area contributed by atoms with Gasteiger partial charge in [0, 0.05) is 0 Å². The van der Waals surface area contributed by atoms with Gasteiger partial charge in [-0.3, -0.25) is 14.5 Å². The second-order valence-corrected chi connectivity index (χ2v) is 6.81. The van der Waals surface area contributed by atoms with Crippen LogP contribution in [0.1, 0.15) is 29.8 Å². The molecule has 0 aliphatic carbocycles. The van der Waals surface area contributed by atoms with Crippen LogP contribution in [0.15, 0.2) is 24.3 Å². The van der Waals surface area contributed by atoms with Crippen LogP contribution in [0.4, 0.5) is 5.69 Å². The maximum Gasteiger partial charge on any atom is 0.320 e. The van der Waals surface area contributed by atoms with Crippen molar-refractivity contribution in [2.75, 3.05) is 18.4 Å². The molecule has 146 valence electrons. The van der Waals surface area contributed by atoms with Crippen LogP contribution in [-0.2, 0) is 9.59 Å². The smallest absolute Gasteiger partial charge is 0.320 e. The van der Waals surface area contributed by atoms with Crippen LogP contribution in [0.3, 0.4) is 0 Å². The molecule has 1 amide bonds. The van der Waals surface area contributed by atoms with Crippen LogP contribution in [0, 0.1) is 20.8 Å². The van der Waals surface area contributed by atoms with E-state index in [1.54, 1.807) is 9.58 Å². The fourth-order valence-corrected chi connectivity index (χ4v) is 3.42. The van der Waals surface area contributed by atoms with Crippen LogP contribution in [0.2, 0.25) is 0 Å². The Labute approximate surface area is 164 Å². The number of carboxylic acids is 1. The number of anilines is 1. The number of amides is 1. The second-order valence-electron chi connectivity index (χ2n) is 6.81. The van der Waals surface area contributed by atoms with E-state index in [4.69, 9.17) is 0 Å². The normalized spacial score (nSPS) is 16.8. The predicted octanol–water partition coefficient (Wildman–Crippen LogP) is 2.71. The van der Waals surface area contributed by atoms with Crippen molar-refractivity contribution < 1.29 is 14.7 Å². The summed E-state index contributed by atoms with van der Waals surface area (Å²) in [5.41, 5.74) is 4.36. The predicted molar refractivity (Wildman–Crippen MR) is 106 cm³/mol. The summed E-state index contributed by atoms with van der Waals surface area (Å²) in [5, 5.41) is 16.7. The standard InChI is InChI=1S/C19H24N4O3.ClH/c1-12-6-8-15(9-7-12)23-14(3)18(13(2)21-23)20-17(24)11-22-10-4-5-16(22)19(25)26;/h6-9,16H,4-5,10-11H2,1-3H3,(H,20,24)(H,25,26);1H/t16-;/m0./s1. The largest absolute Gasteiger partial charge is 0.480 e. The summed E-state index contributed by atoms with van der Waals surface area (Å²) in [6.45, 7) is 6.49. The summed E-state index contributed by atoms with van der Waals surface area (Å²) >= 11 is 0. The molecule has 1 saturated heterocycles. The zero-order chi connectivity index (χ0) is 18.8. The Balaban J connectivity index is 0.00000261. The van der Waals surface area contributed by atoms with E-state index in [1.165, 1.54) is 5.56 Å². The van der Waals surface area contributed by atoms with Crippen molar-refractivity contribution in [3.05, 3.63) is 41.2 Å². The molecule has 0 bridgehead atoms. The lowest BCUT2D eigenvalue weighted by atomic mass is 10.2. The van der Waals surface area contributed by atoms with Crippen molar-refractivity contribution >= 4 is 30.0 Å². The average molecular weight is 393 g/mol. The van der Waals surface area contributed by atoms with Crippen molar-refractivity contribution in [2.45, 2.75) is 39.7 Å². The van der Waals surface area contributed by atoms with Crippen molar-refractivity contribution in [1.29, 1.82) is 0 Å². The van der Waals surface area contributed by atoms with Gasteiger partial charge in [-0.1, -0.05) is 17.7 Å². The molecule has 7 nitrogen and oxygen atoms in total. The Kier molecular flexibility index (Phi) is 6.62. The number of rotatable bonds is 5. The number of carbonyl (C=O) groups is 2. The average Bonchev–Trinajstić information content (AvgIpc) is 3.15. The highest BCUT2D eigenvalue weighted by atomic mass is 35.5. The highest BCUT2D eigenvalue weighted by Gasteiger charge is 2.31. The summed E-state index contributed by atoms with van der Waals surface area (Å²) in [5.74, 6) is -1.08. The third kappa shape index (κ3) is 4.48. The number of nitrogens with one attached hydrogen (secondary N) is 1. The molecule has 1 aliphatic rings. The van der Waals surface area contributed by atoms with Gasteiger partial charge in [0.2, 0.25) is 5.91 Å². The molecule has 1 aromatic heterocycles. The van der Waals surface area contributed by atoms with E-state index in [0.717, 1.165) is 23.5 Å². The highest BCUT2D eigenvalue weighted by Crippen LogP contribution is 2.23. The van der Waals surface area contributed by atoms with Crippen LogP contribution in [0.25, 0.3) is 5.69 Å². The molecule has 1 aromatic carbocycles. The number of carbonyl (C=O) groups excluding carboxylic acids is 1. The number of halogens is 1. The van der Waals surface area contributed by atoms with E-state index in [2.05, 4.69) is 10.4 Å². The van der Waals surface area contributed by atoms with Crippen molar-refractivity contribution in [2.24, 2.45) is 0 Å². The molecular weight excluding hydrogens is 368 g/mol. The minimum Gasteiger partial charge on any atom is -0.480 e. The van der Waals surface area contributed by atoms with Crippen molar-refractivity contribution in [3.63, 3.8) is 0 Å². The summed E-state index contributed by atoms with van der Waals surface area (Å²) in [7, 11) is 0. The Morgan fingerprint density at radius 2 is 1.89 bits per heavy atom. The number of aromatic nitrogens is 2. The molecule has 0 radical (unpaired) electrons. The summed E-state index contributed by atoms with van der Waals surface area (Å²) in [6, 6.07) is 7.44. The number of hydrogen-bond donors (Lipinski definition) is 2. The quantitative estimate of drug-likeness (QED) is 0.816. The number of hydrogen-bond acceptors (Lipinski definition) is 4. The van der Waals surface area contributed by atoms with Gasteiger partial charge in [0.15, 0.2) is 0 Å². The third-order valence-corrected chi connectivity index (χ3v) is 4.83. The number of nitrogens with zero attached hydrogens (tertiary/aromatic N) is 3. The number of carboxylic acid groups (broad SMARTS) is 1. The monoisotopic (exact) mass is 392 g/mol. The maximum atomic E-state index is 12.4. The van der Waals surface area contributed by atoms with E-state index < -0.39 is 12.0 Å². The number of likely N-dealkylation sites (tertiary alicyclic amines) is 1. The van der Waals surface area contributed by atoms with Gasteiger partial charge in [0.05, 0.1) is 29.3 Å². The molecule has 8 heteroatoms. The number of benzene rings is 1. The summed E-state index contributed by atoms with van der Waals surface area (Å²) in [6.07, 6.45) is 1.39. The zero-order valence-corrected chi connectivity index (χ0v) is 16.5. The van der Waals surface area contributed by atoms with E-state index in [-0.39, 0.29) is 24.9 Å². The zero-order valence-electron chi connectivity index (χ0n) is 15.7. The Hall–Kier alpha value is -2.38. The Morgan fingerprint density at radius 3 is 2.52 bits per heavy atom. The molecule has 2 N–H and O–H groups in total. The molecular formula is C19H25ClN4O3. The van der Waals surface area contributed by atoms with E-state index in [1.807, 2.05) is 45.0 Å². The number of aryl methyl sites for hydroxylation is 2. The first-order valence-corrected chi connectivity index (χ1v) is 8.77. The maximum absolute atomic E-state index is 12.4. The van der Waals surface area contributed by atoms with Crippen LogP contribution in [0.5, 0.6) is 0 Å². The van der Waals surface area contributed by atoms with E-state index in [0.29, 0.717) is 18.7 Å². The fraction of sp³-hybridized carbons (Fsp3) is 0.421. The third-order valence-electron chi connectivity index (χ3n) is 4.83. The molecule has 2 aromatic rings. The molecule has 0 spiro atoms. The lowest BCUT2D eigenvalue weighted by Gasteiger charge is -2.20. The van der Waals surface area contributed by atoms with Crippen LogP contribution >= 0.6 is 12.4 Å². The topological polar surface area (TPSA) is 87.5 Å². The Bertz CT molecular complexity index is 832. The van der Waals surface area contributed by atoms with Gasteiger partial charge >= 0.3 is 5.97 Å². The molecule has 1 fully saturated rings. The van der Waals surface area contributed by atoms with E-state index in [9.17, 15) is 14.7 Å². The van der Waals surface area contributed by atoms with Gasteiger partial charge in [-0.2, -0.15) is 5.10 Å². The van der Waals surface area contributed by atoms with Crippen LogP contribution in [-0.4, -0.2) is 50.8 Å². The molecule has 0 unspecified atom stereocenters. The Morgan fingerprint density at radius 1 is 1.22 bits per heavy atom. The minimum atomic E-state index is -0.866. The second kappa shape index (κ2) is 8.54. The van der Waals surface area contributed by atoms with Crippen LogP contribution < -0.4 is 5.32 Å². The summed E-state index contributed by atoms with van der Waals surface area (Å²) < 4.78 is 1.81. The number of aliphatic carboxylic acids is 1. The minimum absolute atomic E-state index is 0. The molecule has 2 heterocycles. The van der Waals surface area contributed by atoms with Gasteiger partial charge < -0.3 is 10.4 Å². The first-order chi connectivity index (χ1) is 12.4. The molecule has 1 atom stereocenters. The lowest BCUT2D eigenvalue weighted by molar-refractivity contribution is -0.142. The SMILES string of the molecule is Cc1ccc(-n2nc(C)c(NC(=O)CN3CCC[C@H]3C(=O)O)c2C)cc1.Cl. The van der Waals surface area contributed by atoms with Gasteiger partial charge in [0.1, 0.15) is 6.04 Å². The van der Waals surface area contributed by atoms with Crippen molar-refractivity contribution in [1.82, 2.24) is 14.7 Å². The summed E-state index contributed by atoms with van der Waals surface area (Å²) in [4.78, 5) is 25.4. The first kappa shape index (κ1) is 20.9. The van der Waals surface area contributed by atoms with Gasteiger partial charge in [-0.15, -0.1) is 12.4 Å². The van der Waals surface area contributed by atoms with Gasteiger partial charge in [0.25, 0.3) is 0 Å². The molecule has 27 heavy (non-hydrogen) atoms. The van der Waals surface area contributed by atoms with Crippen molar-refractivity contribution in [3.8, 4) is 5.69 Å². The van der Waals surface area contributed by atoms with E-state index >= 15 is 0 Å².